The van der Waals surface area contributed by atoms with Crippen molar-refractivity contribution < 1.29 is 24.4 Å². The summed E-state index contributed by atoms with van der Waals surface area (Å²) in [5.74, 6) is -1.49. The normalized spacial score (nSPS) is 15.7. The fourth-order valence-electron chi connectivity index (χ4n) is 3.86. The Hall–Kier alpha value is -3.92. The van der Waals surface area contributed by atoms with Crippen LogP contribution in [0.4, 0.5) is 10.5 Å². The average molecular weight is 487 g/mol. The number of allylic oxidation sites excluding steroid dienone is 1. The van der Waals surface area contributed by atoms with Crippen LogP contribution in [0, 0.1) is 10.1 Å². The molecule has 0 aromatic heterocycles. The summed E-state index contributed by atoms with van der Waals surface area (Å²) < 4.78 is 0. The van der Waals surface area contributed by atoms with Crippen molar-refractivity contribution in [2.45, 2.75) is 19.4 Å². The van der Waals surface area contributed by atoms with E-state index in [4.69, 9.17) is 11.6 Å². The van der Waals surface area contributed by atoms with Crippen LogP contribution in [0.15, 0.2) is 59.8 Å². The number of aliphatic carboxylic acids is 1. The van der Waals surface area contributed by atoms with E-state index in [-0.39, 0.29) is 36.0 Å². The van der Waals surface area contributed by atoms with Crippen LogP contribution in [-0.2, 0) is 4.79 Å². The van der Waals surface area contributed by atoms with Crippen molar-refractivity contribution in [2.75, 3.05) is 20.1 Å². The Kier molecular flexibility index (Phi) is 7.52. The minimum Gasteiger partial charge on any atom is -0.478 e. The van der Waals surface area contributed by atoms with Crippen molar-refractivity contribution in [3.63, 3.8) is 0 Å². The van der Waals surface area contributed by atoms with Crippen molar-refractivity contribution in [1.29, 1.82) is 0 Å². The van der Waals surface area contributed by atoms with E-state index in [0.29, 0.717) is 22.6 Å². The standard InChI is InChI=1S/C23H23ClN4O6/c1-14-19(22(30)31)20(15-6-4-9-18(13-15)28(33)34)27(23(32)25-14)11-5-10-26(2)21(29)16-7-3-8-17(24)12-16/h3-4,6-9,12-13,20H,5,10-11H2,1-2H3,(H,25,32)(H,30,31). The first-order valence-electron chi connectivity index (χ1n) is 10.4. The number of carbonyl (C=O) groups is 3. The number of nitrogens with zero attached hydrogens (tertiary/aromatic N) is 3. The summed E-state index contributed by atoms with van der Waals surface area (Å²) in [7, 11) is 1.62. The van der Waals surface area contributed by atoms with Gasteiger partial charge in [-0.2, -0.15) is 0 Å². The van der Waals surface area contributed by atoms with Crippen LogP contribution in [0.2, 0.25) is 5.02 Å². The predicted molar refractivity (Wildman–Crippen MR) is 124 cm³/mol. The highest BCUT2D eigenvalue weighted by molar-refractivity contribution is 6.30. The summed E-state index contributed by atoms with van der Waals surface area (Å²) in [5, 5.41) is 24.1. The van der Waals surface area contributed by atoms with E-state index in [1.165, 1.54) is 34.9 Å². The molecule has 2 aromatic carbocycles. The molecule has 11 heteroatoms. The van der Waals surface area contributed by atoms with E-state index in [1.54, 1.807) is 37.4 Å². The molecule has 3 amide bonds. The summed E-state index contributed by atoms with van der Waals surface area (Å²) >= 11 is 5.96. The SMILES string of the molecule is CC1=C(C(=O)O)C(c2cccc([N+](=O)[O-])c2)N(CCCN(C)C(=O)c2cccc(Cl)c2)C(=O)N1. The number of non-ortho nitro benzene ring substituents is 1. The zero-order valence-electron chi connectivity index (χ0n) is 18.5. The molecule has 0 radical (unpaired) electrons. The summed E-state index contributed by atoms with van der Waals surface area (Å²) in [4.78, 5) is 50.9. The van der Waals surface area contributed by atoms with Crippen molar-refractivity contribution in [1.82, 2.24) is 15.1 Å². The number of benzene rings is 2. The quantitative estimate of drug-likeness (QED) is 0.430. The van der Waals surface area contributed by atoms with E-state index in [2.05, 4.69) is 5.32 Å². The van der Waals surface area contributed by atoms with Gasteiger partial charge in [0.2, 0.25) is 0 Å². The lowest BCUT2D eigenvalue weighted by Gasteiger charge is -2.37. The Labute approximate surface area is 200 Å². The molecule has 0 saturated carbocycles. The van der Waals surface area contributed by atoms with Gasteiger partial charge in [0.05, 0.1) is 16.5 Å². The zero-order chi connectivity index (χ0) is 25.0. The van der Waals surface area contributed by atoms with Crippen LogP contribution >= 0.6 is 11.6 Å². The van der Waals surface area contributed by atoms with Crippen LogP contribution < -0.4 is 5.32 Å². The van der Waals surface area contributed by atoms with E-state index >= 15 is 0 Å². The number of carboxylic acid groups (broad SMARTS) is 1. The number of urea groups is 1. The second-order valence-electron chi connectivity index (χ2n) is 7.81. The van der Waals surface area contributed by atoms with Crippen LogP contribution in [0.25, 0.3) is 0 Å². The van der Waals surface area contributed by atoms with Crippen molar-refractivity contribution in [3.05, 3.63) is 86.1 Å². The van der Waals surface area contributed by atoms with Gasteiger partial charge in [0.15, 0.2) is 0 Å². The molecule has 3 rings (SSSR count). The summed E-state index contributed by atoms with van der Waals surface area (Å²) in [5.41, 5.74) is 0.607. The molecule has 0 aliphatic carbocycles. The molecule has 1 aliphatic heterocycles. The Balaban J connectivity index is 1.83. The monoisotopic (exact) mass is 486 g/mol. The molecule has 34 heavy (non-hydrogen) atoms. The Morgan fingerprint density at radius 3 is 2.59 bits per heavy atom. The average Bonchev–Trinajstić information content (AvgIpc) is 2.79. The molecule has 0 fully saturated rings. The van der Waals surface area contributed by atoms with Gasteiger partial charge in [-0.25, -0.2) is 9.59 Å². The molecule has 0 saturated heterocycles. The second kappa shape index (κ2) is 10.3. The number of carboxylic acids is 1. The number of nitro groups is 1. The van der Waals surface area contributed by atoms with Crippen LogP contribution in [0.1, 0.15) is 35.3 Å². The highest BCUT2D eigenvalue weighted by Crippen LogP contribution is 2.35. The lowest BCUT2D eigenvalue weighted by atomic mass is 9.93. The highest BCUT2D eigenvalue weighted by Gasteiger charge is 2.38. The molecule has 1 unspecified atom stereocenters. The first kappa shape index (κ1) is 24.7. The van der Waals surface area contributed by atoms with Crippen LogP contribution in [0.5, 0.6) is 0 Å². The number of nitrogens with one attached hydrogen (secondary N) is 1. The summed E-state index contributed by atoms with van der Waals surface area (Å²) in [6.07, 6.45) is 0.341. The first-order valence-corrected chi connectivity index (χ1v) is 10.7. The third-order valence-corrected chi connectivity index (χ3v) is 5.72. The van der Waals surface area contributed by atoms with Gasteiger partial charge in [-0.3, -0.25) is 14.9 Å². The zero-order valence-corrected chi connectivity index (χ0v) is 19.3. The number of nitro benzene ring substituents is 1. The summed E-state index contributed by atoms with van der Waals surface area (Å²) in [6.45, 7) is 1.86. The number of amides is 3. The highest BCUT2D eigenvalue weighted by atomic mass is 35.5. The molecule has 1 heterocycles. The van der Waals surface area contributed by atoms with E-state index < -0.39 is 23.0 Å². The lowest BCUT2D eigenvalue weighted by Crippen LogP contribution is -2.49. The number of hydrogen-bond donors (Lipinski definition) is 2. The molecule has 1 atom stereocenters. The van der Waals surface area contributed by atoms with E-state index in [1.807, 2.05) is 0 Å². The molecule has 2 aromatic rings. The molecule has 1 aliphatic rings. The van der Waals surface area contributed by atoms with Gasteiger partial charge in [0.1, 0.15) is 0 Å². The number of halogens is 1. The van der Waals surface area contributed by atoms with Gasteiger partial charge >= 0.3 is 12.0 Å². The maximum Gasteiger partial charge on any atom is 0.335 e. The van der Waals surface area contributed by atoms with Crippen molar-refractivity contribution >= 4 is 35.2 Å². The maximum atomic E-state index is 12.8. The van der Waals surface area contributed by atoms with Crippen molar-refractivity contribution in [3.8, 4) is 0 Å². The van der Waals surface area contributed by atoms with Gasteiger partial charge in [-0.05, 0) is 37.1 Å². The number of hydrogen-bond acceptors (Lipinski definition) is 5. The smallest absolute Gasteiger partial charge is 0.335 e. The third kappa shape index (κ3) is 5.34. The Bertz CT molecular complexity index is 1180. The number of rotatable bonds is 8. The fraction of sp³-hybridized carbons (Fsp3) is 0.261. The molecular weight excluding hydrogens is 464 g/mol. The van der Waals surface area contributed by atoms with Gasteiger partial charge in [-0.15, -0.1) is 0 Å². The van der Waals surface area contributed by atoms with Gasteiger partial charge in [0, 0.05) is 48.6 Å². The van der Waals surface area contributed by atoms with Crippen molar-refractivity contribution in [2.24, 2.45) is 0 Å². The topological polar surface area (TPSA) is 133 Å². The fourth-order valence-corrected chi connectivity index (χ4v) is 4.05. The predicted octanol–water partition coefficient (Wildman–Crippen LogP) is 3.84. The molecule has 2 N–H and O–H groups in total. The largest absolute Gasteiger partial charge is 0.478 e. The maximum absolute atomic E-state index is 12.8. The minimum absolute atomic E-state index is 0.0801. The van der Waals surface area contributed by atoms with Crippen LogP contribution in [-0.4, -0.2) is 57.9 Å². The lowest BCUT2D eigenvalue weighted by molar-refractivity contribution is -0.384. The van der Waals surface area contributed by atoms with Gasteiger partial charge < -0.3 is 20.2 Å². The molecule has 0 spiro atoms. The first-order chi connectivity index (χ1) is 16.1. The van der Waals surface area contributed by atoms with Gasteiger partial charge in [0.25, 0.3) is 11.6 Å². The van der Waals surface area contributed by atoms with Crippen LogP contribution in [0.3, 0.4) is 0 Å². The minimum atomic E-state index is -1.24. The molecule has 0 bridgehead atoms. The Morgan fingerprint density at radius 1 is 1.24 bits per heavy atom. The summed E-state index contributed by atoms with van der Waals surface area (Å²) in [6, 6.07) is 10.5. The molecule has 178 valence electrons. The molecule has 10 nitrogen and oxygen atoms in total. The van der Waals surface area contributed by atoms with E-state index in [9.17, 15) is 29.6 Å². The number of carbonyl (C=O) groups excluding carboxylic acids is 2. The Morgan fingerprint density at radius 2 is 1.94 bits per heavy atom. The molecular formula is C23H23ClN4O6. The van der Waals surface area contributed by atoms with E-state index in [0.717, 1.165) is 0 Å². The second-order valence-corrected chi connectivity index (χ2v) is 8.25. The third-order valence-electron chi connectivity index (χ3n) is 5.48. The van der Waals surface area contributed by atoms with Gasteiger partial charge in [-0.1, -0.05) is 29.8 Å².